The normalized spacial score (nSPS) is 9.00. The summed E-state index contributed by atoms with van der Waals surface area (Å²) >= 11 is 0. The molecule has 0 aliphatic carbocycles. The smallest absolute Gasteiger partial charge is 0.260 e. The van der Waals surface area contributed by atoms with Crippen LogP contribution in [0.15, 0.2) is 24.3 Å². The van der Waals surface area contributed by atoms with Gasteiger partial charge in [-0.2, -0.15) is 15.8 Å². The molecule has 1 aromatic rings. The van der Waals surface area contributed by atoms with Crippen molar-refractivity contribution in [1.82, 2.24) is 4.90 Å². The van der Waals surface area contributed by atoms with Crippen LogP contribution in [0.1, 0.15) is 18.4 Å². The fourth-order valence-corrected chi connectivity index (χ4v) is 1.62. The molecule has 0 heterocycles. The predicted octanol–water partition coefficient (Wildman–Crippen LogP) is 1.59. The first-order chi connectivity index (χ1) is 10.2. The first kappa shape index (κ1) is 16.0. The van der Waals surface area contributed by atoms with E-state index in [4.69, 9.17) is 20.5 Å². The Kier molecular flexibility index (Phi) is 6.83. The van der Waals surface area contributed by atoms with Crippen molar-refractivity contribution in [2.45, 2.75) is 12.8 Å². The molecule has 0 saturated carbocycles. The summed E-state index contributed by atoms with van der Waals surface area (Å²) in [4.78, 5) is 13.4. The summed E-state index contributed by atoms with van der Waals surface area (Å²) in [5, 5.41) is 25.9. The molecular weight excluding hydrogens is 268 g/mol. The maximum Gasteiger partial charge on any atom is 0.260 e. The maximum atomic E-state index is 12.0. The molecule has 0 aliphatic rings. The van der Waals surface area contributed by atoms with E-state index in [9.17, 15) is 4.79 Å². The molecule has 0 saturated heterocycles. The van der Waals surface area contributed by atoms with E-state index in [0.29, 0.717) is 11.3 Å². The van der Waals surface area contributed by atoms with E-state index in [1.807, 2.05) is 18.2 Å². The first-order valence-electron chi connectivity index (χ1n) is 6.36. The number of amides is 1. The van der Waals surface area contributed by atoms with Crippen LogP contribution in [0.4, 0.5) is 0 Å². The Morgan fingerprint density at radius 2 is 1.81 bits per heavy atom. The van der Waals surface area contributed by atoms with Crippen molar-refractivity contribution in [2.75, 3.05) is 19.7 Å². The number of ether oxygens (including phenoxy) is 1. The fraction of sp³-hybridized carbons (Fsp3) is 0.333. The molecular formula is C15H14N4O2. The topological polar surface area (TPSA) is 101 Å². The summed E-state index contributed by atoms with van der Waals surface area (Å²) in [6.45, 7) is 0.364. The third-order valence-corrected chi connectivity index (χ3v) is 2.67. The number of hydrogen-bond donors (Lipinski definition) is 0. The van der Waals surface area contributed by atoms with Crippen LogP contribution >= 0.6 is 0 Å². The summed E-state index contributed by atoms with van der Waals surface area (Å²) in [6, 6.07) is 12.4. The molecule has 0 spiro atoms. The lowest BCUT2D eigenvalue weighted by atomic mass is 10.2. The van der Waals surface area contributed by atoms with Crippen LogP contribution in [0.25, 0.3) is 0 Å². The van der Waals surface area contributed by atoms with Gasteiger partial charge in [-0.25, -0.2) is 0 Å². The minimum atomic E-state index is -0.289. The van der Waals surface area contributed by atoms with Gasteiger partial charge in [0, 0.05) is 13.1 Å². The van der Waals surface area contributed by atoms with Crippen LogP contribution in [-0.2, 0) is 4.79 Å². The maximum absolute atomic E-state index is 12.0. The van der Waals surface area contributed by atoms with E-state index in [-0.39, 0.29) is 38.4 Å². The van der Waals surface area contributed by atoms with Crippen LogP contribution in [0.5, 0.6) is 5.75 Å². The summed E-state index contributed by atoms with van der Waals surface area (Å²) in [7, 11) is 0. The van der Waals surface area contributed by atoms with Crippen LogP contribution in [0, 0.1) is 34.0 Å². The van der Waals surface area contributed by atoms with Gasteiger partial charge < -0.3 is 9.64 Å². The van der Waals surface area contributed by atoms with Crippen molar-refractivity contribution in [1.29, 1.82) is 15.8 Å². The molecule has 0 radical (unpaired) electrons. The van der Waals surface area contributed by atoms with Crippen LogP contribution in [-0.4, -0.2) is 30.5 Å². The Balaban J connectivity index is 2.58. The Bertz CT molecular complexity index is 589. The third-order valence-electron chi connectivity index (χ3n) is 2.67. The highest BCUT2D eigenvalue weighted by Gasteiger charge is 2.13. The van der Waals surface area contributed by atoms with Crippen molar-refractivity contribution in [3.63, 3.8) is 0 Å². The fourth-order valence-electron chi connectivity index (χ4n) is 1.62. The Labute approximate surface area is 123 Å². The van der Waals surface area contributed by atoms with Crippen molar-refractivity contribution in [3.8, 4) is 24.0 Å². The molecule has 106 valence electrons. The zero-order chi connectivity index (χ0) is 15.5. The van der Waals surface area contributed by atoms with Gasteiger partial charge in [0.05, 0.1) is 36.6 Å². The highest BCUT2D eigenvalue weighted by Crippen LogP contribution is 2.12. The van der Waals surface area contributed by atoms with Crippen molar-refractivity contribution < 1.29 is 9.53 Å². The number of benzene rings is 1. The minimum Gasteiger partial charge on any atom is -0.484 e. The molecule has 0 unspecified atom stereocenters. The lowest BCUT2D eigenvalue weighted by Gasteiger charge is -2.20. The van der Waals surface area contributed by atoms with E-state index in [0.717, 1.165) is 0 Å². The van der Waals surface area contributed by atoms with Crippen molar-refractivity contribution in [2.24, 2.45) is 0 Å². The van der Waals surface area contributed by atoms with Gasteiger partial charge in [-0.3, -0.25) is 4.79 Å². The van der Waals surface area contributed by atoms with Gasteiger partial charge in [0.2, 0.25) is 0 Å². The standard InChI is InChI=1S/C15H14N4O2/c16-6-2-8-19(9-3-7-17)15(20)12-21-14-5-1-4-13(10-14)11-18/h1,4-5,10H,2-3,8-9,12H2. The van der Waals surface area contributed by atoms with E-state index >= 15 is 0 Å². The van der Waals surface area contributed by atoms with Gasteiger partial charge in [0.15, 0.2) is 6.61 Å². The van der Waals surface area contributed by atoms with Crippen LogP contribution < -0.4 is 4.74 Å². The second-order valence-electron chi connectivity index (χ2n) is 4.13. The zero-order valence-corrected chi connectivity index (χ0v) is 11.5. The second kappa shape index (κ2) is 8.96. The van der Waals surface area contributed by atoms with Crippen molar-refractivity contribution >= 4 is 5.91 Å². The molecule has 0 aliphatic heterocycles. The first-order valence-corrected chi connectivity index (χ1v) is 6.36. The highest BCUT2D eigenvalue weighted by atomic mass is 16.5. The molecule has 21 heavy (non-hydrogen) atoms. The third kappa shape index (κ3) is 5.63. The number of nitrogens with zero attached hydrogens (tertiary/aromatic N) is 4. The zero-order valence-electron chi connectivity index (χ0n) is 11.5. The lowest BCUT2D eigenvalue weighted by molar-refractivity contribution is -0.133. The van der Waals surface area contributed by atoms with Crippen molar-refractivity contribution in [3.05, 3.63) is 29.8 Å². The van der Waals surface area contributed by atoms with E-state index in [2.05, 4.69) is 0 Å². The molecule has 6 heteroatoms. The predicted molar refractivity (Wildman–Crippen MR) is 73.7 cm³/mol. The molecule has 1 amide bonds. The summed E-state index contributed by atoms with van der Waals surface area (Å²) in [6.07, 6.45) is 0.419. The van der Waals surface area contributed by atoms with E-state index < -0.39 is 0 Å². The Morgan fingerprint density at radius 1 is 1.14 bits per heavy atom. The second-order valence-corrected chi connectivity index (χ2v) is 4.13. The molecule has 1 aromatic carbocycles. The number of rotatable bonds is 7. The molecule has 0 N–H and O–H groups in total. The van der Waals surface area contributed by atoms with Gasteiger partial charge in [0.25, 0.3) is 5.91 Å². The van der Waals surface area contributed by atoms with Crippen LogP contribution in [0.2, 0.25) is 0 Å². The average Bonchev–Trinajstić information content (AvgIpc) is 2.53. The molecule has 0 aromatic heterocycles. The summed E-state index contributed by atoms with van der Waals surface area (Å²) in [5.41, 5.74) is 0.450. The number of nitriles is 3. The molecule has 1 rings (SSSR count). The number of carbonyl (C=O) groups is 1. The van der Waals surface area contributed by atoms with Gasteiger partial charge >= 0.3 is 0 Å². The van der Waals surface area contributed by atoms with Gasteiger partial charge in [0.1, 0.15) is 5.75 Å². The minimum absolute atomic E-state index is 0.189. The molecule has 0 atom stereocenters. The van der Waals surface area contributed by atoms with E-state index in [1.165, 1.54) is 4.90 Å². The van der Waals surface area contributed by atoms with Crippen LogP contribution in [0.3, 0.4) is 0 Å². The summed E-state index contributed by atoms with van der Waals surface area (Å²) in [5.74, 6) is 0.144. The quantitative estimate of drug-likeness (QED) is 0.755. The Morgan fingerprint density at radius 3 is 2.38 bits per heavy atom. The Hall–Kier alpha value is -3.04. The van der Waals surface area contributed by atoms with E-state index in [1.54, 1.807) is 24.3 Å². The SMILES string of the molecule is N#CCCN(CCC#N)C(=O)COc1cccc(C#N)c1. The van der Waals surface area contributed by atoms with Gasteiger partial charge in [-0.15, -0.1) is 0 Å². The largest absolute Gasteiger partial charge is 0.484 e. The average molecular weight is 282 g/mol. The molecule has 6 nitrogen and oxygen atoms in total. The van der Waals surface area contributed by atoms with Gasteiger partial charge in [-0.1, -0.05) is 6.07 Å². The summed E-state index contributed by atoms with van der Waals surface area (Å²) < 4.78 is 5.34. The lowest BCUT2D eigenvalue weighted by Crippen LogP contribution is -2.36. The number of hydrogen-bond acceptors (Lipinski definition) is 5. The molecule has 0 bridgehead atoms. The molecule has 0 fully saturated rings. The number of carbonyl (C=O) groups excluding carboxylic acids is 1. The highest BCUT2D eigenvalue weighted by molar-refractivity contribution is 5.77. The van der Waals surface area contributed by atoms with Gasteiger partial charge in [-0.05, 0) is 18.2 Å². The monoisotopic (exact) mass is 282 g/mol.